The number of ether oxygens (including phenoxy) is 1. The number of carbonyl (C=O) groups is 2. The first-order valence-corrected chi connectivity index (χ1v) is 8.88. The van der Waals surface area contributed by atoms with Crippen molar-refractivity contribution in [2.75, 3.05) is 13.7 Å². The molecule has 1 aliphatic heterocycles. The van der Waals surface area contributed by atoms with Crippen LogP contribution in [0.25, 0.3) is 0 Å². The van der Waals surface area contributed by atoms with E-state index >= 15 is 0 Å². The number of hydrogen-bond acceptors (Lipinski definition) is 4. The van der Waals surface area contributed by atoms with Crippen molar-refractivity contribution in [2.24, 2.45) is 11.0 Å². The summed E-state index contributed by atoms with van der Waals surface area (Å²) >= 11 is 3.40. The molecule has 0 aliphatic carbocycles. The molecule has 2 aromatic rings. The molecule has 6 nitrogen and oxygen atoms in total. The highest BCUT2D eigenvalue weighted by atomic mass is 79.9. The number of halogens is 1. The van der Waals surface area contributed by atoms with E-state index in [1.165, 1.54) is 6.21 Å². The van der Waals surface area contributed by atoms with E-state index in [0.29, 0.717) is 12.3 Å². The van der Waals surface area contributed by atoms with Crippen molar-refractivity contribution in [1.29, 1.82) is 0 Å². The molecule has 2 N–H and O–H groups in total. The minimum absolute atomic E-state index is 0.200. The smallest absolute Gasteiger partial charge is 0.253 e. The molecule has 0 spiro atoms. The highest BCUT2D eigenvalue weighted by Crippen LogP contribution is 2.29. The molecule has 1 saturated heterocycles. The second-order valence-electron chi connectivity index (χ2n) is 5.87. The summed E-state index contributed by atoms with van der Waals surface area (Å²) in [6.45, 7) is 0.441. The maximum Gasteiger partial charge on any atom is 0.253 e. The fourth-order valence-corrected chi connectivity index (χ4v) is 3.49. The molecule has 26 heavy (non-hydrogen) atoms. The molecule has 2 aromatic carbocycles. The minimum atomic E-state index is -0.794. The average Bonchev–Trinajstić information content (AvgIpc) is 3.04. The molecule has 0 unspecified atom stereocenters. The van der Waals surface area contributed by atoms with E-state index in [-0.39, 0.29) is 11.8 Å². The Balaban J connectivity index is 1.68. The Kier molecular flexibility index (Phi) is 5.68. The van der Waals surface area contributed by atoms with Crippen LogP contribution in [0.2, 0.25) is 0 Å². The monoisotopic (exact) mass is 415 g/mol. The topological polar surface area (TPSA) is 79.8 Å². The van der Waals surface area contributed by atoms with Crippen LogP contribution in [0.4, 0.5) is 0 Å². The lowest BCUT2D eigenvalue weighted by molar-refractivity contribution is -0.133. The van der Waals surface area contributed by atoms with E-state index in [2.05, 4.69) is 31.8 Å². The summed E-state index contributed by atoms with van der Waals surface area (Å²) in [7, 11) is 1.59. The Morgan fingerprint density at radius 2 is 2.08 bits per heavy atom. The van der Waals surface area contributed by atoms with Crippen molar-refractivity contribution in [3.8, 4) is 5.75 Å². The number of nitrogens with one attached hydrogen (secondary N) is 2. The van der Waals surface area contributed by atoms with E-state index in [1.807, 2.05) is 42.5 Å². The molecule has 7 heteroatoms. The number of benzene rings is 2. The van der Waals surface area contributed by atoms with Gasteiger partial charge in [-0.25, -0.2) is 5.43 Å². The summed E-state index contributed by atoms with van der Waals surface area (Å²) in [6.07, 6.45) is 1.52. The summed E-state index contributed by atoms with van der Waals surface area (Å²) in [5, 5.41) is 6.73. The van der Waals surface area contributed by atoms with Gasteiger partial charge in [0.25, 0.3) is 5.91 Å². The second kappa shape index (κ2) is 8.14. The third-order valence-electron chi connectivity index (χ3n) is 4.26. The molecule has 3 rings (SSSR count). The van der Waals surface area contributed by atoms with Crippen LogP contribution in [0.1, 0.15) is 17.0 Å². The van der Waals surface area contributed by atoms with Gasteiger partial charge in [0.1, 0.15) is 11.7 Å². The fraction of sp³-hybridized carbons (Fsp3) is 0.211. The molecular weight excluding hydrogens is 398 g/mol. The van der Waals surface area contributed by atoms with Gasteiger partial charge >= 0.3 is 0 Å². The van der Waals surface area contributed by atoms with Gasteiger partial charge in [0.15, 0.2) is 0 Å². The third kappa shape index (κ3) is 3.94. The van der Waals surface area contributed by atoms with Gasteiger partial charge in [-0.1, -0.05) is 30.3 Å². The number of hydrogen-bond donors (Lipinski definition) is 2. The lowest BCUT2D eigenvalue weighted by atomic mass is 9.88. The first-order chi connectivity index (χ1) is 12.6. The number of rotatable bonds is 5. The van der Waals surface area contributed by atoms with Crippen LogP contribution in [-0.4, -0.2) is 31.7 Å². The summed E-state index contributed by atoms with van der Waals surface area (Å²) in [6, 6.07) is 15.0. The first kappa shape index (κ1) is 18.1. The third-order valence-corrected chi connectivity index (χ3v) is 4.88. The van der Waals surface area contributed by atoms with Gasteiger partial charge in [0.05, 0.1) is 17.8 Å². The molecule has 1 fully saturated rings. The van der Waals surface area contributed by atoms with Gasteiger partial charge in [-0.3, -0.25) is 9.59 Å². The molecule has 0 saturated carbocycles. The zero-order chi connectivity index (χ0) is 18.5. The Hall–Kier alpha value is -2.67. The first-order valence-electron chi connectivity index (χ1n) is 8.09. The van der Waals surface area contributed by atoms with Crippen LogP contribution in [0.15, 0.2) is 58.1 Å². The number of hydrazone groups is 1. The van der Waals surface area contributed by atoms with Crippen molar-refractivity contribution < 1.29 is 14.3 Å². The standard InChI is InChI=1S/C19H18BrN3O3/c1-26-16-8-7-12(9-15(16)20)10-22-23-19(25)17-14(11-21-18(17)24)13-5-3-2-4-6-13/h2-10,14,17H,11H2,1H3,(H,21,24)(H,23,25)/b22-10+/t14-,17+/m0/s1. The predicted octanol–water partition coefficient (Wildman–Crippen LogP) is 2.44. The van der Waals surface area contributed by atoms with Crippen molar-refractivity contribution in [2.45, 2.75) is 5.92 Å². The Bertz CT molecular complexity index is 839. The molecule has 2 amide bonds. The summed E-state index contributed by atoms with van der Waals surface area (Å²) in [5.41, 5.74) is 4.21. The van der Waals surface area contributed by atoms with Gasteiger partial charge in [-0.2, -0.15) is 5.10 Å². The molecule has 134 valence electrons. The largest absolute Gasteiger partial charge is 0.496 e. The SMILES string of the molecule is COc1ccc(/C=N/NC(=O)[C@H]2C(=O)NC[C@H]2c2ccccc2)cc1Br. The van der Waals surface area contributed by atoms with Gasteiger partial charge in [0, 0.05) is 12.5 Å². The molecule has 2 atom stereocenters. The van der Waals surface area contributed by atoms with E-state index in [0.717, 1.165) is 15.6 Å². The summed E-state index contributed by atoms with van der Waals surface area (Å²) in [5.74, 6) is -0.984. The van der Waals surface area contributed by atoms with Crippen LogP contribution < -0.4 is 15.5 Å². The van der Waals surface area contributed by atoms with Gasteiger partial charge < -0.3 is 10.1 Å². The normalized spacial score (nSPS) is 19.4. The van der Waals surface area contributed by atoms with E-state index in [4.69, 9.17) is 4.74 Å². The van der Waals surface area contributed by atoms with Crippen molar-refractivity contribution in [3.63, 3.8) is 0 Å². The average molecular weight is 416 g/mol. The van der Waals surface area contributed by atoms with E-state index in [1.54, 1.807) is 13.2 Å². The van der Waals surface area contributed by atoms with Crippen molar-refractivity contribution >= 4 is 34.0 Å². The molecule has 1 aliphatic rings. The number of methoxy groups -OCH3 is 1. The highest BCUT2D eigenvalue weighted by molar-refractivity contribution is 9.10. The van der Waals surface area contributed by atoms with E-state index < -0.39 is 11.8 Å². The van der Waals surface area contributed by atoms with Crippen molar-refractivity contribution in [3.05, 3.63) is 64.1 Å². The lowest BCUT2D eigenvalue weighted by Crippen LogP contribution is -2.34. The Morgan fingerprint density at radius 1 is 1.31 bits per heavy atom. The van der Waals surface area contributed by atoms with Crippen LogP contribution in [0.5, 0.6) is 5.75 Å². The van der Waals surface area contributed by atoms with E-state index in [9.17, 15) is 9.59 Å². The molecule has 1 heterocycles. The predicted molar refractivity (Wildman–Crippen MR) is 102 cm³/mol. The van der Waals surface area contributed by atoms with Crippen LogP contribution in [0.3, 0.4) is 0 Å². The molecular formula is C19H18BrN3O3. The number of nitrogens with zero attached hydrogens (tertiary/aromatic N) is 1. The highest BCUT2D eigenvalue weighted by Gasteiger charge is 2.40. The quantitative estimate of drug-likeness (QED) is 0.447. The van der Waals surface area contributed by atoms with Gasteiger partial charge in [-0.05, 0) is 45.3 Å². The van der Waals surface area contributed by atoms with Crippen LogP contribution in [-0.2, 0) is 9.59 Å². The Labute approximate surface area is 159 Å². The molecule has 0 aromatic heterocycles. The lowest BCUT2D eigenvalue weighted by Gasteiger charge is -2.15. The van der Waals surface area contributed by atoms with Crippen LogP contribution in [0, 0.1) is 5.92 Å². The molecule has 0 bridgehead atoms. The number of carbonyl (C=O) groups excluding carboxylic acids is 2. The Morgan fingerprint density at radius 3 is 2.77 bits per heavy atom. The van der Waals surface area contributed by atoms with Gasteiger partial charge in [0.2, 0.25) is 5.91 Å². The van der Waals surface area contributed by atoms with Crippen molar-refractivity contribution in [1.82, 2.24) is 10.7 Å². The van der Waals surface area contributed by atoms with Crippen LogP contribution >= 0.6 is 15.9 Å². The summed E-state index contributed by atoms with van der Waals surface area (Å²) < 4.78 is 5.96. The summed E-state index contributed by atoms with van der Waals surface area (Å²) in [4.78, 5) is 24.6. The zero-order valence-corrected chi connectivity index (χ0v) is 15.7. The van der Waals surface area contributed by atoms with Gasteiger partial charge in [-0.15, -0.1) is 0 Å². The minimum Gasteiger partial charge on any atom is -0.496 e. The maximum atomic E-state index is 12.5. The zero-order valence-electron chi connectivity index (χ0n) is 14.1. The fourth-order valence-electron chi connectivity index (χ4n) is 2.94. The second-order valence-corrected chi connectivity index (χ2v) is 6.72. The number of amides is 2. The maximum absolute atomic E-state index is 12.5. The molecule has 0 radical (unpaired) electrons.